The summed E-state index contributed by atoms with van der Waals surface area (Å²) in [5.41, 5.74) is 1.24. The number of anilines is 1. The Morgan fingerprint density at radius 2 is 1.69 bits per heavy atom. The van der Waals surface area contributed by atoms with Crippen molar-refractivity contribution in [1.82, 2.24) is 5.32 Å². The maximum Gasteiger partial charge on any atom is 0.251 e. The normalized spacial score (nSPS) is 12.3. The zero-order valence-corrected chi connectivity index (χ0v) is 15.4. The Balaban J connectivity index is 2.27. The minimum absolute atomic E-state index is 0.141. The van der Waals surface area contributed by atoms with Gasteiger partial charge in [0.25, 0.3) is 5.91 Å². The van der Waals surface area contributed by atoms with E-state index in [0.717, 1.165) is 24.3 Å². The van der Waals surface area contributed by atoms with E-state index < -0.39 is 26.8 Å². The molecule has 26 heavy (non-hydrogen) atoms. The molecule has 138 valence electrons. The number of nitrogens with one attached hydrogen (secondary N) is 2. The first kappa shape index (κ1) is 19.6. The van der Waals surface area contributed by atoms with Crippen molar-refractivity contribution in [3.63, 3.8) is 0 Å². The van der Waals surface area contributed by atoms with E-state index in [2.05, 4.69) is 10.6 Å². The Hall–Kier alpha value is -2.74. The Labute approximate surface area is 151 Å². The van der Waals surface area contributed by atoms with Gasteiger partial charge < -0.3 is 10.6 Å². The van der Waals surface area contributed by atoms with Gasteiger partial charge in [-0.1, -0.05) is 6.07 Å². The number of hydrogen-bond donors (Lipinski definition) is 2. The number of amides is 2. The molecule has 0 saturated carbocycles. The number of carbonyl (C=O) groups excluding carboxylic acids is 2. The number of hydrogen-bond acceptors (Lipinski definition) is 4. The second-order valence-electron chi connectivity index (χ2n) is 5.69. The summed E-state index contributed by atoms with van der Waals surface area (Å²) in [5, 5.41) is 3.65. The largest absolute Gasteiger partial charge is 0.355 e. The molecule has 0 fully saturated rings. The molecule has 2 rings (SSSR count). The van der Waals surface area contributed by atoms with Crippen molar-refractivity contribution in [2.75, 3.05) is 12.4 Å². The molecule has 8 heteroatoms. The van der Waals surface area contributed by atoms with E-state index in [1.165, 1.54) is 14.0 Å². The molecule has 1 unspecified atom stereocenters. The van der Waals surface area contributed by atoms with Crippen LogP contribution in [-0.4, -0.2) is 32.5 Å². The van der Waals surface area contributed by atoms with Gasteiger partial charge in [-0.3, -0.25) is 9.59 Å². The Bertz CT molecular complexity index is 940. The molecule has 2 aromatic carbocycles. The third-order valence-electron chi connectivity index (χ3n) is 4.04. The van der Waals surface area contributed by atoms with E-state index in [4.69, 9.17) is 0 Å². The molecule has 2 amide bonds. The van der Waals surface area contributed by atoms with Crippen molar-refractivity contribution in [3.8, 4) is 0 Å². The fraction of sp³-hybridized carbons (Fsp3) is 0.222. The topological polar surface area (TPSA) is 92.3 Å². The highest BCUT2D eigenvalue weighted by molar-refractivity contribution is 7.92. The van der Waals surface area contributed by atoms with Gasteiger partial charge in [0, 0.05) is 18.3 Å². The minimum Gasteiger partial charge on any atom is -0.355 e. The second-order valence-corrected chi connectivity index (χ2v) is 7.96. The van der Waals surface area contributed by atoms with Crippen LogP contribution >= 0.6 is 0 Å². The first-order valence-corrected chi connectivity index (χ1v) is 9.35. The molecule has 0 aromatic heterocycles. The highest BCUT2D eigenvalue weighted by Gasteiger charge is 2.30. The van der Waals surface area contributed by atoms with Crippen molar-refractivity contribution in [2.45, 2.75) is 24.0 Å². The van der Waals surface area contributed by atoms with E-state index in [9.17, 15) is 22.4 Å². The maximum atomic E-state index is 13.0. The lowest BCUT2D eigenvalue weighted by molar-refractivity contribution is -0.115. The zero-order chi connectivity index (χ0) is 19.5. The number of carbonyl (C=O) groups is 2. The summed E-state index contributed by atoms with van der Waals surface area (Å²) in [5.74, 6) is -1.63. The molecule has 6 nitrogen and oxygen atoms in total. The van der Waals surface area contributed by atoms with Crippen molar-refractivity contribution < 1.29 is 22.4 Å². The molecule has 0 saturated heterocycles. The molecule has 0 bridgehead atoms. The molecule has 0 heterocycles. The van der Waals surface area contributed by atoms with Crippen LogP contribution in [-0.2, 0) is 14.6 Å². The van der Waals surface area contributed by atoms with E-state index in [1.54, 1.807) is 25.1 Å². The van der Waals surface area contributed by atoms with Gasteiger partial charge in [0.15, 0.2) is 9.84 Å². The van der Waals surface area contributed by atoms with Crippen LogP contribution in [0.1, 0.15) is 22.8 Å². The van der Waals surface area contributed by atoms with Gasteiger partial charge in [-0.05, 0) is 55.8 Å². The number of rotatable bonds is 5. The summed E-state index contributed by atoms with van der Waals surface area (Å²) >= 11 is 0. The van der Waals surface area contributed by atoms with Crippen molar-refractivity contribution in [3.05, 3.63) is 59.4 Å². The van der Waals surface area contributed by atoms with Gasteiger partial charge in [0.2, 0.25) is 5.91 Å². The fourth-order valence-corrected chi connectivity index (χ4v) is 3.62. The van der Waals surface area contributed by atoms with E-state index in [-0.39, 0.29) is 10.8 Å². The standard InChI is InChI=1S/C18H19FN2O4S/c1-11-15(18(23)20-3)5-4-6-16(11)21-17(22)12(2)26(24,25)14-9-7-13(19)8-10-14/h4-10,12H,1-3H3,(H,20,23)(H,21,22). The molecule has 0 aliphatic heterocycles. The SMILES string of the molecule is CNC(=O)c1cccc(NC(=O)C(C)S(=O)(=O)c2ccc(F)cc2)c1C. The zero-order valence-electron chi connectivity index (χ0n) is 14.5. The highest BCUT2D eigenvalue weighted by Crippen LogP contribution is 2.22. The molecule has 1 atom stereocenters. The third-order valence-corrected chi connectivity index (χ3v) is 6.11. The van der Waals surface area contributed by atoms with Gasteiger partial charge >= 0.3 is 0 Å². The lowest BCUT2D eigenvalue weighted by atomic mass is 10.1. The van der Waals surface area contributed by atoms with Crippen LogP contribution in [0.3, 0.4) is 0 Å². The van der Waals surface area contributed by atoms with Crippen LogP contribution < -0.4 is 10.6 Å². The molecule has 0 aliphatic carbocycles. The number of benzene rings is 2. The van der Waals surface area contributed by atoms with Crippen molar-refractivity contribution in [1.29, 1.82) is 0 Å². The Morgan fingerprint density at radius 3 is 2.27 bits per heavy atom. The van der Waals surface area contributed by atoms with Crippen LogP contribution in [0.15, 0.2) is 47.4 Å². The minimum atomic E-state index is -3.98. The lowest BCUT2D eigenvalue weighted by Gasteiger charge is -2.16. The van der Waals surface area contributed by atoms with E-state index in [1.807, 2.05) is 0 Å². The van der Waals surface area contributed by atoms with Gasteiger partial charge in [-0.2, -0.15) is 0 Å². The third kappa shape index (κ3) is 3.91. The molecular formula is C18H19FN2O4S. The predicted octanol–water partition coefficient (Wildman–Crippen LogP) is 2.29. The summed E-state index contributed by atoms with van der Waals surface area (Å²) in [6.45, 7) is 2.91. The van der Waals surface area contributed by atoms with Gasteiger partial charge in [0.05, 0.1) is 4.90 Å². The van der Waals surface area contributed by atoms with Crippen LogP contribution in [0.5, 0.6) is 0 Å². The summed E-state index contributed by atoms with van der Waals surface area (Å²) in [6, 6.07) is 9.05. The smallest absolute Gasteiger partial charge is 0.251 e. The number of halogens is 1. The average Bonchev–Trinajstić information content (AvgIpc) is 2.62. The van der Waals surface area contributed by atoms with E-state index >= 15 is 0 Å². The maximum absolute atomic E-state index is 13.0. The van der Waals surface area contributed by atoms with Crippen molar-refractivity contribution >= 4 is 27.3 Å². The first-order chi connectivity index (χ1) is 12.2. The second kappa shape index (κ2) is 7.65. The predicted molar refractivity (Wildman–Crippen MR) is 96.2 cm³/mol. The summed E-state index contributed by atoms with van der Waals surface area (Å²) in [6.07, 6.45) is 0. The van der Waals surface area contributed by atoms with Crippen LogP contribution in [0.4, 0.5) is 10.1 Å². The Morgan fingerprint density at radius 1 is 1.08 bits per heavy atom. The van der Waals surface area contributed by atoms with Gasteiger partial charge in [-0.15, -0.1) is 0 Å². The van der Waals surface area contributed by atoms with Crippen molar-refractivity contribution in [2.24, 2.45) is 0 Å². The van der Waals surface area contributed by atoms with Crippen LogP contribution in [0.25, 0.3) is 0 Å². The molecule has 2 aromatic rings. The quantitative estimate of drug-likeness (QED) is 0.781. The summed E-state index contributed by atoms with van der Waals surface area (Å²) in [7, 11) is -2.49. The number of sulfone groups is 1. The first-order valence-electron chi connectivity index (χ1n) is 7.80. The van der Waals surface area contributed by atoms with Crippen LogP contribution in [0.2, 0.25) is 0 Å². The molecular weight excluding hydrogens is 359 g/mol. The Kier molecular flexibility index (Phi) is 5.76. The lowest BCUT2D eigenvalue weighted by Crippen LogP contribution is -2.33. The summed E-state index contributed by atoms with van der Waals surface area (Å²) in [4.78, 5) is 24.1. The van der Waals surface area contributed by atoms with Crippen LogP contribution in [0, 0.1) is 12.7 Å². The molecule has 0 spiro atoms. The monoisotopic (exact) mass is 378 g/mol. The molecule has 0 aliphatic rings. The fourth-order valence-electron chi connectivity index (χ4n) is 2.36. The molecule has 0 radical (unpaired) electrons. The van der Waals surface area contributed by atoms with E-state index in [0.29, 0.717) is 16.8 Å². The highest BCUT2D eigenvalue weighted by atomic mass is 32.2. The van der Waals surface area contributed by atoms with Gasteiger partial charge in [-0.25, -0.2) is 12.8 Å². The van der Waals surface area contributed by atoms with Gasteiger partial charge in [0.1, 0.15) is 11.1 Å². The summed E-state index contributed by atoms with van der Waals surface area (Å²) < 4.78 is 38.1. The molecule has 2 N–H and O–H groups in total. The average molecular weight is 378 g/mol.